The van der Waals surface area contributed by atoms with Crippen molar-refractivity contribution in [3.05, 3.63) is 39.4 Å². The van der Waals surface area contributed by atoms with Gasteiger partial charge in [0.2, 0.25) is 0 Å². The summed E-state index contributed by atoms with van der Waals surface area (Å²) >= 11 is 3.37. The van der Waals surface area contributed by atoms with E-state index in [1.165, 1.54) is 12.1 Å². The number of nitrogens with zero attached hydrogens (tertiary/aromatic N) is 1. The maximum atomic E-state index is 12.1. The predicted octanol–water partition coefficient (Wildman–Crippen LogP) is 3.05. The summed E-state index contributed by atoms with van der Waals surface area (Å²) in [5, 5.41) is 14.5. The zero-order valence-electron chi connectivity index (χ0n) is 11.1. The SMILES string of the molecule is Cc1c(C(=O)NC(C)C(C)CBr)cccc1[N+](=O)[O-]. The van der Waals surface area contributed by atoms with Crippen molar-refractivity contribution >= 4 is 27.5 Å². The number of nitrogens with one attached hydrogen (secondary N) is 1. The van der Waals surface area contributed by atoms with Gasteiger partial charge in [0.15, 0.2) is 0 Å². The van der Waals surface area contributed by atoms with Gasteiger partial charge < -0.3 is 5.32 Å². The smallest absolute Gasteiger partial charge is 0.273 e. The summed E-state index contributed by atoms with van der Waals surface area (Å²) in [6.45, 7) is 5.52. The molecule has 1 aromatic carbocycles. The Labute approximate surface area is 120 Å². The summed E-state index contributed by atoms with van der Waals surface area (Å²) < 4.78 is 0. The van der Waals surface area contributed by atoms with Crippen LogP contribution in [0.4, 0.5) is 5.69 Å². The highest BCUT2D eigenvalue weighted by Crippen LogP contribution is 2.21. The van der Waals surface area contributed by atoms with Gasteiger partial charge in [-0.1, -0.05) is 28.9 Å². The third-order valence-corrected chi connectivity index (χ3v) is 4.22. The molecule has 6 heteroatoms. The molecule has 0 aliphatic carbocycles. The Kier molecular flexibility index (Phi) is 5.47. The predicted molar refractivity (Wildman–Crippen MR) is 77.7 cm³/mol. The Morgan fingerprint density at radius 1 is 1.47 bits per heavy atom. The number of carbonyl (C=O) groups excluding carboxylic acids is 1. The fourth-order valence-electron chi connectivity index (χ4n) is 1.63. The van der Waals surface area contributed by atoms with E-state index >= 15 is 0 Å². The number of alkyl halides is 1. The lowest BCUT2D eigenvalue weighted by molar-refractivity contribution is -0.385. The van der Waals surface area contributed by atoms with Gasteiger partial charge in [0.1, 0.15) is 0 Å². The molecule has 0 bridgehead atoms. The summed E-state index contributed by atoms with van der Waals surface area (Å²) in [6, 6.07) is 4.52. The minimum absolute atomic E-state index is 0.00876. The van der Waals surface area contributed by atoms with Gasteiger partial charge in [-0.05, 0) is 25.8 Å². The largest absolute Gasteiger partial charge is 0.349 e. The first-order chi connectivity index (χ1) is 8.88. The van der Waals surface area contributed by atoms with Gasteiger partial charge in [0, 0.05) is 28.6 Å². The molecule has 0 spiro atoms. The van der Waals surface area contributed by atoms with E-state index in [1.54, 1.807) is 13.0 Å². The van der Waals surface area contributed by atoms with E-state index < -0.39 is 4.92 Å². The maximum Gasteiger partial charge on any atom is 0.273 e. The van der Waals surface area contributed by atoms with Crippen molar-refractivity contribution in [2.75, 3.05) is 5.33 Å². The molecule has 2 atom stereocenters. The second-order valence-corrected chi connectivity index (χ2v) is 5.25. The number of amides is 1. The lowest BCUT2D eigenvalue weighted by Crippen LogP contribution is -2.38. The van der Waals surface area contributed by atoms with Crippen LogP contribution in [0.1, 0.15) is 29.8 Å². The first-order valence-corrected chi connectivity index (χ1v) is 7.11. The molecular weight excluding hydrogens is 312 g/mol. The van der Waals surface area contributed by atoms with E-state index in [4.69, 9.17) is 0 Å². The van der Waals surface area contributed by atoms with Crippen LogP contribution in [0.2, 0.25) is 0 Å². The van der Waals surface area contributed by atoms with E-state index in [1.807, 2.05) is 13.8 Å². The van der Waals surface area contributed by atoms with E-state index in [0.29, 0.717) is 11.1 Å². The van der Waals surface area contributed by atoms with E-state index in [9.17, 15) is 14.9 Å². The first-order valence-electron chi connectivity index (χ1n) is 5.99. The Balaban J connectivity index is 2.95. The highest BCUT2D eigenvalue weighted by atomic mass is 79.9. The third-order valence-electron chi connectivity index (χ3n) is 3.20. The van der Waals surface area contributed by atoms with Crippen molar-refractivity contribution < 1.29 is 9.72 Å². The Bertz CT molecular complexity index is 491. The Morgan fingerprint density at radius 3 is 2.63 bits per heavy atom. The third kappa shape index (κ3) is 3.76. The number of carbonyl (C=O) groups is 1. The molecule has 1 N–H and O–H groups in total. The number of hydrogen-bond acceptors (Lipinski definition) is 3. The monoisotopic (exact) mass is 328 g/mol. The van der Waals surface area contributed by atoms with Crippen LogP contribution in [0.25, 0.3) is 0 Å². The van der Waals surface area contributed by atoms with E-state index in [2.05, 4.69) is 21.2 Å². The number of halogens is 1. The van der Waals surface area contributed by atoms with Crippen LogP contribution in [0.5, 0.6) is 0 Å². The van der Waals surface area contributed by atoms with Crippen molar-refractivity contribution in [3.63, 3.8) is 0 Å². The van der Waals surface area contributed by atoms with Gasteiger partial charge in [0.25, 0.3) is 11.6 Å². The lowest BCUT2D eigenvalue weighted by atomic mass is 10.0. The number of rotatable bonds is 5. The van der Waals surface area contributed by atoms with Gasteiger partial charge in [-0.3, -0.25) is 14.9 Å². The maximum absolute atomic E-state index is 12.1. The number of hydrogen-bond donors (Lipinski definition) is 1. The molecule has 0 saturated heterocycles. The minimum atomic E-state index is -0.476. The van der Waals surface area contributed by atoms with Crippen molar-refractivity contribution in [1.29, 1.82) is 0 Å². The van der Waals surface area contributed by atoms with Crippen molar-refractivity contribution in [2.24, 2.45) is 5.92 Å². The van der Waals surface area contributed by atoms with Crippen molar-refractivity contribution in [2.45, 2.75) is 26.8 Å². The molecule has 0 heterocycles. The van der Waals surface area contributed by atoms with Gasteiger partial charge in [0.05, 0.1) is 4.92 Å². The molecule has 0 saturated carbocycles. The Morgan fingerprint density at radius 2 is 2.11 bits per heavy atom. The second kappa shape index (κ2) is 6.65. The molecule has 0 aliphatic heterocycles. The minimum Gasteiger partial charge on any atom is -0.349 e. The van der Waals surface area contributed by atoms with Crippen LogP contribution in [0, 0.1) is 23.0 Å². The van der Waals surface area contributed by atoms with Crippen LogP contribution in [-0.4, -0.2) is 22.2 Å². The summed E-state index contributed by atoms with van der Waals surface area (Å²) in [5.41, 5.74) is 0.709. The van der Waals surface area contributed by atoms with Crippen LogP contribution in [0.15, 0.2) is 18.2 Å². The standard InChI is InChI=1S/C13H17BrN2O3/c1-8(7-14)10(3)15-13(17)11-5-4-6-12(9(11)2)16(18)19/h4-6,8,10H,7H2,1-3H3,(H,15,17). The summed E-state index contributed by atoms with van der Waals surface area (Å²) in [4.78, 5) is 22.5. The molecule has 1 aromatic rings. The van der Waals surface area contributed by atoms with Gasteiger partial charge >= 0.3 is 0 Å². The molecule has 0 radical (unpaired) electrons. The molecule has 1 amide bonds. The molecule has 0 aliphatic rings. The van der Waals surface area contributed by atoms with Crippen LogP contribution >= 0.6 is 15.9 Å². The van der Waals surface area contributed by atoms with Crippen molar-refractivity contribution in [3.8, 4) is 0 Å². The van der Waals surface area contributed by atoms with Gasteiger partial charge in [-0.15, -0.1) is 0 Å². The molecular formula is C13H17BrN2O3. The molecule has 1 rings (SSSR count). The lowest BCUT2D eigenvalue weighted by Gasteiger charge is -2.19. The van der Waals surface area contributed by atoms with Crippen molar-refractivity contribution in [1.82, 2.24) is 5.32 Å². The van der Waals surface area contributed by atoms with Crippen LogP contribution in [0.3, 0.4) is 0 Å². The molecule has 0 fully saturated rings. The van der Waals surface area contributed by atoms with Crippen LogP contribution in [-0.2, 0) is 0 Å². The molecule has 5 nitrogen and oxygen atoms in total. The molecule has 104 valence electrons. The summed E-state index contributed by atoms with van der Waals surface area (Å²) in [6.07, 6.45) is 0. The molecule has 0 aromatic heterocycles. The zero-order chi connectivity index (χ0) is 14.6. The fraction of sp³-hybridized carbons (Fsp3) is 0.462. The quantitative estimate of drug-likeness (QED) is 0.513. The second-order valence-electron chi connectivity index (χ2n) is 4.60. The fourth-order valence-corrected chi connectivity index (χ4v) is 2.19. The highest BCUT2D eigenvalue weighted by Gasteiger charge is 2.20. The van der Waals surface area contributed by atoms with E-state index in [-0.39, 0.29) is 23.6 Å². The normalized spacial score (nSPS) is 13.7. The average Bonchev–Trinajstić information content (AvgIpc) is 2.37. The molecule has 2 unspecified atom stereocenters. The van der Waals surface area contributed by atoms with Gasteiger partial charge in [-0.2, -0.15) is 0 Å². The zero-order valence-corrected chi connectivity index (χ0v) is 12.7. The summed E-state index contributed by atoms with van der Waals surface area (Å²) in [5.74, 6) is 0.00412. The first kappa shape index (κ1) is 15.6. The molecule has 19 heavy (non-hydrogen) atoms. The number of nitro groups is 1. The van der Waals surface area contributed by atoms with Crippen LogP contribution < -0.4 is 5.32 Å². The number of nitro benzene ring substituents is 1. The number of benzene rings is 1. The van der Waals surface area contributed by atoms with E-state index in [0.717, 1.165) is 5.33 Å². The average molecular weight is 329 g/mol. The topological polar surface area (TPSA) is 72.2 Å². The summed E-state index contributed by atoms with van der Waals surface area (Å²) in [7, 11) is 0. The highest BCUT2D eigenvalue weighted by molar-refractivity contribution is 9.09. The van der Waals surface area contributed by atoms with Gasteiger partial charge in [-0.25, -0.2) is 0 Å². The Hall–Kier alpha value is -1.43.